The second kappa shape index (κ2) is 2.30. The summed E-state index contributed by atoms with van der Waals surface area (Å²) in [6, 6.07) is 0. The van der Waals surface area contributed by atoms with Gasteiger partial charge in [-0.3, -0.25) is 0 Å². The van der Waals surface area contributed by atoms with Crippen LogP contribution in [0.15, 0.2) is 0 Å². The fourth-order valence-electron chi connectivity index (χ4n) is 4.37. The minimum absolute atomic E-state index is 0.361. The van der Waals surface area contributed by atoms with Gasteiger partial charge in [0, 0.05) is 5.41 Å². The van der Waals surface area contributed by atoms with E-state index < -0.39 is 8.32 Å². The molecule has 80 valence electrons. The Morgan fingerprint density at radius 1 is 1.14 bits per heavy atom. The number of rotatable bonds is 2. The highest BCUT2D eigenvalue weighted by Crippen LogP contribution is 2.78. The molecule has 3 aliphatic rings. The van der Waals surface area contributed by atoms with E-state index in [0.717, 1.165) is 11.8 Å². The van der Waals surface area contributed by atoms with Crippen molar-refractivity contribution in [3.8, 4) is 0 Å². The van der Waals surface area contributed by atoms with Crippen molar-refractivity contribution in [2.24, 2.45) is 17.3 Å². The highest BCUT2D eigenvalue weighted by molar-refractivity contribution is 6.69. The highest BCUT2D eigenvalue weighted by atomic mass is 28.4. The minimum Gasteiger partial charge on any atom is -0.411 e. The van der Waals surface area contributed by atoms with Gasteiger partial charge in [-0.2, -0.15) is 0 Å². The fourth-order valence-corrected chi connectivity index (χ4v) is 5.93. The first-order valence-electron chi connectivity index (χ1n) is 6.08. The molecule has 0 saturated heterocycles. The molecule has 0 aliphatic heterocycles. The molecule has 14 heavy (non-hydrogen) atoms. The fraction of sp³-hybridized carbons (Fsp3) is 1.00. The quantitative estimate of drug-likeness (QED) is 0.635. The molecule has 3 saturated carbocycles. The van der Waals surface area contributed by atoms with Gasteiger partial charge < -0.3 is 4.43 Å². The van der Waals surface area contributed by atoms with Crippen molar-refractivity contribution in [2.75, 3.05) is 0 Å². The molecule has 3 rings (SSSR count). The molecule has 0 heterocycles. The van der Waals surface area contributed by atoms with Crippen molar-refractivity contribution in [2.45, 2.75) is 57.8 Å². The molecule has 0 N–H and O–H groups in total. The summed E-state index contributed by atoms with van der Waals surface area (Å²) >= 11 is 0. The zero-order valence-electron chi connectivity index (χ0n) is 9.89. The maximum absolute atomic E-state index is 6.54. The third-order valence-electron chi connectivity index (χ3n) is 4.95. The van der Waals surface area contributed by atoms with Gasteiger partial charge in [-0.25, -0.2) is 0 Å². The maximum atomic E-state index is 6.54. The normalized spacial score (nSPS) is 54.9. The standard InChI is InChI=1S/C12H22OSi/c1-11-8-12(11,13-14(2,3)4)10-6-5-9(11)7-10/h9-10H,5-8H2,1-4H3. The summed E-state index contributed by atoms with van der Waals surface area (Å²) in [5.74, 6) is 1.92. The Labute approximate surface area is 88.4 Å². The predicted molar refractivity (Wildman–Crippen MR) is 60.7 cm³/mol. The lowest BCUT2D eigenvalue weighted by Gasteiger charge is -2.33. The first-order chi connectivity index (χ1) is 6.37. The van der Waals surface area contributed by atoms with Gasteiger partial charge in [-0.05, 0) is 57.2 Å². The molecule has 0 aromatic rings. The molecule has 4 unspecified atom stereocenters. The average molecular weight is 210 g/mol. The van der Waals surface area contributed by atoms with E-state index in [9.17, 15) is 0 Å². The molecule has 3 fully saturated rings. The van der Waals surface area contributed by atoms with Crippen molar-refractivity contribution in [1.29, 1.82) is 0 Å². The van der Waals surface area contributed by atoms with Crippen LogP contribution in [0.5, 0.6) is 0 Å². The maximum Gasteiger partial charge on any atom is 0.184 e. The second-order valence-corrected chi connectivity index (χ2v) is 11.3. The van der Waals surface area contributed by atoms with E-state index >= 15 is 0 Å². The van der Waals surface area contributed by atoms with Crippen molar-refractivity contribution in [1.82, 2.24) is 0 Å². The zero-order chi connectivity index (χ0) is 10.2. The summed E-state index contributed by atoms with van der Waals surface area (Å²) in [4.78, 5) is 0. The Kier molecular flexibility index (Phi) is 1.54. The van der Waals surface area contributed by atoms with Crippen molar-refractivity contribution < 1.29 is 4.43 Å². The van der Waals surface area contributed by atoms with Crippen LogP contribution in [0.1, 0.15) is 32.6 Å². The van der Waals surface area contributed by atoms with E-state index in [1.807, 2.05) is 0 Å². The summed E-state index contributed by atoms with van der Waals surface area (Å²) in [7, 11) is -1.34. The first-order valence-corrected chi connectivity index (χ1v) is 9.48. The van der Waals surface area contributed by atoms with Crippen LogP contribution in [0.3, 0.4) is 0 Å². The van der Waals surface area contributed by atoms with Crippen LogP contribution in [0.4, 0.5) is 0 Å². The van der Waals surface area contributed by atoms with Crippen LogP contribution in [-0.4, -0.2) is 13.9 Å². The van der Waals surface area contributed by atoms with Gasteiger partial charge in [0.05, 0.1) is 5.60 Å². The molecule has 2 heteroatoms. The lowest BCUT2D eigenvalue weighted by Crippen LogP contribution is -2.39. The van der Waals surface area contributed by atoms with E-state index in [4.69, 9.17) is 4.43 Å². The number of fused-ring (bicyclic) bond motifs is 5. The molecule has 0 aromatic heterocycles. The topological polar surface area (TPSA) is 9.23 Å². The van der Waals surface area contributed by atoms with Crippen molar-refractivity contribution in [3.05, 3.63) is 0 Å². The summed E-state index contributed by atoms with van der Waals surface area (Å²) in [6.07, 6.45) is 5.78. The van der Waals surface area contributed by atoms with Gasteiger partial charge in [0.25, 0.3) is 0 Å². The summed E-state index contributed by atoms with van der Waals surface area (Å²) in [6.45, 7) is 9.50. The molecule has 4 atom stereocenters. The minimum atomic E-state index is -1.34. The molecule has 0 aromatic carbocycles. The Balaban J connectivity index is 1.87. The van der Waals surface area contributed by atoms with Crippen molar-refractivity contribution >= 4 is 8.32 Å². The third-order valence-corrected chi connectivity index (χ3v) is 5.93. The van der Waals surface area contributed by atoms with Gasteiger partial charge in [-0.1, -0.05) is 6.92 Å². The van der Waals surface area contributed by atoms with E-state index in [1.165, 1.54) is 25.7 Å². The van der Waals surface area contributed by atoms with Crippen LogP contribution >= 0.6 is 0 Å². The van der Waals surface area contributed by atoms with Crippen LogP contribution in [0.2, 0.25) is 19.6 Å². The summed E-state index contributed by atoms with van der Waals surface area (Å²) in [5, 5.41) is 0. The molecule has 2 bridgehead atoms. The van der Waals surface area contributed by atoms with Crippen LogP contribution in [0.25, 0.3) is 0 Å². The monoisotopic (exact) mass is 210 g/mol. The Morgan fingerprint density at radius 2 is 1.79 bits per heavy atom. The van der Waals surface area contributed by atoms with Gasteiger partial charge in [0.15, 0.2) is 8.32 Å². The molecule has 0 amide bonds. The van der Waals surface area contributed by atoms with Crippen LogP contribution in [-0.2, 0) is 4.43 Å². The van der Waals surface area contributed by atoms with Crippen LogP contribution < -0.4 is 0 Å². The van der Waals surface area contributed by atoms with Gasteiger partial charge in [0.2, 0.25) is 0 Å². The summed E-state index contributed by atoms with van der Waals surface area (Å²) < 4.78 is 6.54. The van der Waals surface area contributed by atoms with E-state index in [1.54, 1.807) is 0 Å². The first kappa shape index (κ1) is 9.41. The molecule has 0 spiro atoms. The number of hydrogen-bond acceptors (Lipinski definition) is 1. The van der Waals surface area contributed by atoms with Gasteiger partial charge in [0.1, 0.15) is 0 Å². The SMILES string of the molecule is CC12CC1(O[Si](C)(C)C)C1CCC2C1. The summed E-state index contributed by atoms with van der Waals surface area (Å²) in [5.41, 5.74) is 0.955. The Morgan fingerprint density at radius 3 is 2.29 bits per heavy atom. The highest BCUT2D eigenvalue weighted by Gasteiger charge is 2.78. The molecule has 3 aliphatic carbocycles. The molecule has 0 radical (unpaired) electrons. The van der Waals surface area contributed by atoms with E-state index in [-0.39, 0.29) is 0 Å². The smallest absolute Gasteiger partial charge is 0.184 e. The largest absolute Gasteiger partial charge is 0.411 e. The Bertz CT molecular complexity index is 283. The average Bonchev–Trinajstić information content (AvgIpc) is 2.41. The zero-order valence-corrected chi connectivity index (χ0v) is 10.9. The van der Waals surface area contributed by atoms with Crippen LogP contribution in [0, 0.1) is 17.3 Å². The predicted octanol–water partition coefficient (Wildman–Crippen LogP) is 3.42. The van der Waals surface area contributed by atoms with Gasteiger partial charge in [-0.15, -0.1) is 0 Å². The van der Waals surface area contributed by atoms with Gasteiger partial charge >= 0.3 is 0 Å². The second-order valence-electron chi connectivity index (χ2n) is 6.91. The van der Waals surface area contributed by atoms with E-state index in [0.29, 0.717) is 11.0 Å². The van der Waals surface area contributed by atoms with Crippen molar-refractivity contribution in [3.63, 3.8) is 0 Å². The molecular formula is C12H22OSi. The third kappa shape index (κ3) is 0.942. The lowest BCUT2D eigenvalue weighted by atomic mass is 9.87. The van der Waals surface area contributed by atoms with E-state index in [2.05, 4.69) is 26.6 Å². The Hall–Kier alpha value is 0.177. The molecular weight excluding hydrogens is 188 g/mol. The number of hydrogen-bond donors (Lipinski definition) is 0. The molecule has 1 nitrogen and oxygen atoms in total. The lowest BCUT2D eigenvalue weighted by molar-refractivity contribution is 0.0729.